The van der Waals surface area contributed by atoms with E-state index in [1.165, 1.54) is 0 Å². The molecule has 3 aliphatic rings. The van der Waals surface area contributed by atoms with Gasteiger partial charge in [-0.25, -0.2) is 0 Å². The zero-order valence-electron chi connectivity index (χ0n) is 39.8. The maximum atomic E-state index is 15.3. The van der Waals surface area contributed by atoms with Gasteiger partial charge < -0.3 is 47.4 Å². The van der Waals surface area contributed by atoms with Crippen molar-refractivity contribution in [3.05, 3.63) is 34.4 Å². The van der Waals surface area contributed by atoms with E-state index in [9.17, 15) is 0 Å². The lowest BCUT2D eigenvalue weighted by molar-refractivity contribution is -0.165. The largest absolute Gasteiger partial charge is 0.490 e. The van der Waals surface area contributed by atoms with Crippen molar-refractivity contribution in [3.63, 3.8) is 0 Å². The molecule has 0 N–H and O–H groups in total. The normalized spacial score (nSPS) is 17.2. The number of rotatable bonds is 34. The van der Waals surface area contributed by atoms with Crippen molar-refractivity contribution < 1.29 is 57.0 Å². The highest BCUT2D eigenvalue weighted by Crippen LogP contribution is 2.51. The highest BCUT2D eigenvalue weighted by Gasteiger charge is 2.41. The van der Waals surface area contributed by atoms with Gasteiger partial charge in [0.1, 0.15) is 13.2 Å². The number of unbranched alkanes of at least 4 members (excludes halogenated alkanes) is 12. The van der Waals surface area contributed by atoms with Gasteiger partial charge in [0.15, 0.2) is 47.1 Å². The molecule has 2 atom stereocenters. The maximum absolute atomic E-state index is 15.3. The molecule has 0 bridgehead atoms. The molecule has 0 aromatic heterocycles. The predicted molar refractivity (Wildman–Crippen MR) is 248 cm³/mol. The van der Waals surface area contributed by atoms with Crippen molar-refractivity contribution in [2.45, 2.75) is 182 Å². The molecule has 2 aliphatic heterocycles. The van der Waals surface area contributed by atoms with Crippen LogP contribution in [0.2, 0.25) is 0 Å². The third kappa shape index (κ3) is 15.8. The Bertz CT molecular complexity index is 1540. The fourth-order valence-electron chi connectivity index (χ4n) is 8.23. The van der Waals surface area contributed by atoms with Gasteiger partial charge in [-0.05, 0) is 76.3 Å². The molecule has 1 aliphatic carbocycles. The van der Waals surface area contributed by atoms with Crippen LogP contribution in [0.25, 0.3) is 0 Å². The number of carbonyl (C=O) groups is 2. The Kier molecular flexibility index (Phi) is 24.0. The van der Waals surface area contributed by atoms with E-state index in [0.29, 0.717) is 62.6 Å². The minimum Gasteiger partial charge on any atom is -0.490 e. The van der Waals surface area contributed by atoms with Crippen molar-refractivity contribution in [2.75, 3.05) is 66.1 Å². The predicted octanol–water partition coefficient (Wildman–Crippen LogP) is 12.1. The van der Waals surface area contributed by atoms with Crippen LogP contribution in [-0.2, 0) is 18.9 Å². The molecule has 2 aromatic rings. The Morgan fingerprint density at radius 2 is 0.781 bits per heavy atom. The first kappa shape index (κ1) is 51.4. The van der Waals surface area contributed by atoms with Crippen LogP contribution in [0.5, 0.6) is 34.5 Å². The van der Waals surface area contributed by atoms with Gasteiger partial charge in [-0.3, -0.25) is 9.59 Å². The van der Waals surface area contributed by atoms with Gasteiger partial charge in [-0.2, -0.15) is 0 Å². The van der Waals surface area contributed by atoms with E-state index < -0.39 is 11.6 Å². The first-order chi connectivity index (χ1) is 31.5. The summed E-state index contributed by atoms with van der Waals surface area (Å²) in [4.78, 5) is 30.6. The number of hydrogen-bond donors (Lipinski definition) is 0. The number of benzene rings is 2. The summed E-state index contributed by atoms with van der Waals surface area (Å²) in [5.74, 6) is 0.927. The average Bonchev–Trinajstić information content (AvgIpc) is 3.31. The minimum atomic E-state index is -0.400. The lowest BCUT2D eigenvalue weighted by Crippen LogP contribution is -2.27. The summed E-state index contributed by atoms with van der Waals surface area (Å²) in [6.45, 7) is 12.3. The standard InChI is InChI=1S/C52H80O12/c1-5-9-13-19-27-55-41-37-39-45(51(49(41)61-31-21-15-11-7-3)63-35-33-59-43-25-17-23-29-57-43)48(54)40-38-42(56-28-20-14-10-6-2)50(62-32-22-16-12-8-4)52(46(40)47(39)53)64-36-34-60-44-26-18-24-30-58-44/h37-38,43-44H,5-36H2,1-4H3. The molecule has 360 valence electrons. The van der Waals surface area contributed by atoms with Crippen LogP contribution in [0.1, 0.15) is 201 Å². The van der Waals surface area contributed by atoms with Crippen LogP contribution in [-0.4, -0.2) is 90.2 Å². The van der Waals surface area contributed by atoms with Gasteiger partial charge in [0.05, 0.1) is 50.8 Å². The summed E-state index contributed by atoms with van der Waals surface area (Å²) in [7, 11) is 0. The first-order valence-electron chi connectivity index (χ1n) is 25.3. The van der Waals surface area contributed by atoms with Gasteiger partial charge in [-0.1, -0.05) is 105 Å². The zero-order chi connectivity index (χ0) is 45.2. The van der Waals surface area contributed by atoms with Crippen LogP contribution in [0.15, 0.2) is 12.1 Å². The molecule has 0 saturated carbocycles. The summed E-state index contributed by atoms with van der Waals surface area (Å²) in [6.07, 6.45) is 21.1. The van der Waals surface area contributed by atoms with Gasteiger partial charge in [0.25, 0.3) is 0 Å². The summed E-state index contributed by atoms with van der Waals surface area (Å²) < 4.78 is 62.9. The molecule has 5 rings (SSSR count). The van der Waals surface area contributed by atoms with E-state index in [-0.39, 0.29) is 72.8 Å². The van der Waals surface area contributed by atoms with Crippen LogP contribution in [0.4, 0.5) is 0 Å². The van der Waals surface area contributed by atoms with Crippen molar-refractivity contribution in [2.24, 2.45) is 0 Å². The minimum absolute atomic E-state index is 0.1000. The van der Waals surface area contributed by atoms with Crippen molar-refractivity contribution in [1.29, 1.82) is 0 Å². The quantitative estimate of drug-likeness (QED) is 0.0530. The summed E-state index contributed by atoms with van der Waals surface area (Å²) >= 11 is 0. The second-order valence-electron chi connectivity index (χ2n) is 17.2. The first-order valence-corrected chi connectivity index (χ1v) is 25.3. The zero-order valence-corrected chi connectivity index (χ0v) is 39.8. The Balaban J connectivity index is 1.58. The SMILES string of the molecule is CCCCCCOc1cc2c(c(OCCOC3CCCCO3)c1OCCCCCC)C(=O)c1cc(OCCCCCC)c(OCCCCCC)c(OCCOC3CCCCO3)c1C2=O. The van der Waals surface area contributed by atoms with Crippen molar-refractivity contribution >= 4 is 11.6 Å². The van der Waals surface area contributed by atoms with E-state index in [2.05, 4.69) is 27.7 Å². The van der Waals surface area contributed by atoms with Crippen LogP contribution < -0.4 is 28.4 Å². The summed E-state index contributed by atoms with van der Waals surface area (Å²) in [5, 5.41) is 0. The fraction of sp³-hybridized carbons (Fsp3) is 0.731. The van der Waals surface area contributed by atoms with Gasteiger partial charge in [0, 0.05) is 24.3 Å². The highest BCUT2D eigenvalue weighted by molar-refractivity contribution is 6.31. The molecule has 0 radical (unpaired) electrons. The monoisotopic (exact) mass is 897 g/mol. The lowest BCUT2D eigenvalue weighted by atomic mass is 9.82. The molecule has 12 heteroatoms. The van der Waals surface area contributed by atoms with Crippen molar-refractivity contribution in [3.8, 4) is 34.5 Å². The highest BCUT2D eigenvalue weighted by atomic mass is 16.7. The second-order valence-corrected chi connectivity index (χ2v) is 17.2. The molecule has 12 nitrogen and oxygen atoms in total. The summed E-state index contributed by atoms with van der Waals surface area (Å²) in [6, 6.07) is 3.32. The number of carbonyl (C=O) groups excluding carboxylic acids is 2. The smallest absolute Gasteiger partial charge is 0.204 e. The number of ketones is 2. The van der Waals surface area contributed by atoms with E-state index in [1.807, 2.05) is 0 Å². The van der Waals surface area contributed by atoms with Gasteiger partial charge in [-0.15, -0.1) is 0 Å². The number of ether oxygens (including phenoxy) is 10. The molecular formula is C52H80O12. The number of hydrogen-bond acceptors (Lipinski definition) is 12. The molecule has 2 heterocycles. The van der Waals surface area contributed by atoms with E-state index >= 15 is 9.59 Å². The van der Waals surface area contributed by atoms with Crippen LogP contribution in [0.3, 0.4) is 0 Å². The molecule has 2 aromatic carbocycles. The maximum Gasteiger partial charge on any atom is 0.204 e. The molecule has 2 fully saturated rings. The van der Waals surface area contributed by atoms with Crippen LogP contribution >= 0.6 is 0 Å². The Hall–Kier alpha value is -3.58. The fourth-order valence-corrected chi connectivity index (χ4v) is 8.23. The summed E-state index contributed by atoms with van der Waals surface area (Å²) in [5.41, 5.74) is 0.563. The van der Waals surface area contributed by atoms with E-state index in [0.717, 1.165) is 141 Å². The van der Waals surface area contributed by atoms with Gasteiger partial charge >= 0.3 is 0 Å². The van der Waals surface area contributed by atoms with E-state index in [4.69, 9.17) is 47.4 Å². The Morgan fingerprint density at radius 3 is 1.12 bits per heavy atom. The molecular weight excluding hydrogens is 817 g/mol. The third-order valence-electron chi connectivity index (χ3n) is 11.9. The Morgan fingerprint density at radius 1 is 0.422 bits per heavy atom. The topological polar surface area (TPSA) is 126 Å². The molecule has 2 saturated heterocycles. The number of fused-ring (bicyclic) bond motifs is 2. The average molecular weight is 897 g/mol. The molecule has 0 spiro atoms. The molecule has 2 unspecified atom stereocenters. The molecule has 0 amide bonds. The van der Waals surface area contributed by atoms with E-state index in [1.54, 1.807) is 12.1 Å². The van der Waals surface area contributed by atoms with Gasteiger partial charge in [0.2, 0.25) is 11.5 Å². The van der Waals surface area contributed by atoms with Crippen LogP contribution in [0, 0.1) is 0 Å². The Labute approximate surface area is 384 Å². The third-order valence-corrected chi connectivity index (χ3v) is 11.9. The molecule has 64 heavy (non-hydrogen) atoms. The van der Waals surface area contributed by atoms with Crippen molar-refractivity contribution in [1.82, 2.24) is 0 Å². The second kappa shape index (κ2) is 29.9. The lowest BCUT2D eigenvalue weighted by Gasteiger charge is -2.28.